The van der Waals surface area contributed by atoms with E-state index in [1.807, 2.05) is 60.9 Å². The van der Waals surface area contributed by atoms with Gasteiger partial charge < -0.3 is 4.57 Å². The second-order valence-corrected chi connectivity index (χ2v) is 8.32. The average Bonchev–Trinajstić information content (AvgIpc) is 3.35. The molecule has 0 saturated heterocycles. The maximum absolute atomic E-state index is 13.5. The van der Waals surface area contributed by atoms with Crippen molar-refractivity contribution in [2.45, 2.75) is 25.5 Å². The number of hydrogen-bond donors (Lipinski definition) is 0. The van der Waals surface area contributed by atoms with Gasteiger partial charge in [0.15, 0.2) is 16.8 Å². The maximum atomic E-state index is 13.5. The number of allylic oxidation sites excluding steroid dienone is 1. The number of rotatable bonds is 8. The van der Waals surface area contributed by atoms with E-state index in [2.05, 4.69) is 21.3 Å². The molecular formula is C25H23FN4OS. The van der Waals surface area contributed by atoms with Crippen molar-refractivity contribution >= 4 is 17.5 Å². The molecule has 0 aliphatic carbocycles. The summed E-state index contributed by atoms with van der Waals surface area (Å²) in [6.07, 6.45) is 1.82. The van der Waals surface area contributed by atoms with Crippen LogP contribution in [0.2, 0.25) is 0 Å². The minimum absolute atomic E-state index is 0.0216. The van der Waals surface area contributed by atoms with Gasteiger partial charge in [-0.05, 0) is 44.2 Å². The summed E-state index contributed by atoms with van der Waals surface area (Å²) in [5, 5.41) is 9.28. The fourth-order valence-electron chi connectivity index (χ4n) is 3.66. The van der Waals surface area contributed by atoms with Gasteiger partial charge in [0.05, 0.1) is 5.75 Å². The Morgan fingerprint density at radius 2 is 1.81 bits per heavy atom. The maximum Gasteiger partial charge on any atom is 0.196 e. The molecule has 32 heavy (non-hydrogen) atoms. The summed E-state index contributed by atoms with van der Waals surface area (Å²) >= 11 is 1.32. The number of aryl methyl sites for hydroxylation is 1. The van der Waals surface area contributed by atoms with Crippen molar-refractivity contribution in [3.63, 3.8) is 0 Å². The number of Topliss-reactive ketones (excluding diaryl/α,β-unsaturated/α-hetero) is 1. The quantitative estimate of drug-likeness (QED) is 0.199. The summed E-state index contributed by atoms with van der Waals surface area (Å²) in [5.41, 5.74) is 4.27. The summed E-state index contributed by atoms with van der Waals surface area (Å²) < 4.78 is 17.4. The molecule has 0 atom stereocenters. The van der Waals surface area contributed by atoms with Crippen molar-refractivity contribution in [3.05, 3.63) is 96.1 Å². The van der Waals surface area contributed by atoms with Gasteiger partial charge in [-0.1, -0.05) is 48.2 Å². The number of aromatic nitrogens is 4. The topological polar surface area (TPSA) is 52.7 Å². The van der Waals surface area contributed by atoms with E-state index in [1.54, 1.807) is 12.1 Å². The van der Waals surface area contributed by atoms with Crippen LogP contribution >= 0.6 is 11.8 Å². The standard InChI is InChI=1S/C25H23FN4OS/c1-4-14-29-17(2)15-22(18(29)3)23(31)16-32-25-28-27-24(19-8-6-5-7-9-19)30(25)21-12-10-20(26)11-13-21/h4-13,15H,1,14,16H2,2-3H3. The minimum atomic E-state index is -0.317. The van der Waals surface area contributed by atoms with E-state index in [-0.39, 0.29) is 17.4 Å². The van der Waals surface area contributed by atoms with E-state index in [0.717, 1.165) is 22.6 Å². The molecule has 4 aromatic rings. The van der Waals surface area contributed by atoms with Gasteiger partial charge in [0, 0.05) is 34.7 Å². The van der Waals surface area contributed by atoms with E-state index >= 15 is 0 Å². The molecule has 0 radical (unpaired) electrons. The Morgan fingerprint density at radius 1 is 1.09 bits per heavy atom. The second kappa shape index (κ2) is 9.36. The van der Waals surface area contributed by atoms with Crippen LogP contribution < -0.4 is 0 Å². The largest absolute Gasteiger partial charge is 0.345 e. The highest BCUT2D eigenvalue weighted by molar-refractivity contribution is 7.99. The lowest BCUT2D eigenvalue weighted by Crippen LogP contribution is -2.07. The van der Waals surface area contributed by atoms with Crippen LogP contribution in [-0.2, 0) is 6.54 Å². The number of halogens is 1. The van der Waals surface area contributed by atoms with Crippen LogP contribution in [0.3, 0.4) is 0 Å². The van der Waals surface area contributed by atoms with Crippen LogP contribution in [0.15, 0.2) is 78.5 Å². The van der Waals surface area contributed by atoms with Crippen molar-refractivity contribution in [2.75, 3.05) is 5.75 Å². The lowest BCUT2D eigenvalue weighted by molar-refractivity contribution is 0.102. The zero-order chi connectivity index (χ0) is 22.7. The molecule has 0 unspecified atom stereocenters. The Morgan fingerprint density at radius 3 is 2.50 bits per heavy atom. The SMILES string of the molecule is C=CCn1c(C)cc(C(=O)CSc2nnc(-c3ccccc3)n2-c2ccc(F)cc2)c1C. The van der Waals surface area contributed by atoms with E-state index < -0.39 is 0 Å². The number of carbonyl (C=O) groups excluding carboxylic acids is 1. The second-order valence-electron chi connectivity index (χ2n) is 7.38. The zero-order valence-electron chi connectivity index (χ0n) is 18.0. The summed E-state index contributed by atoms with van der Waals surface area (Å²) in [6.45, 7) is 8.38. The van der Waals surface area contributed by atoms with Crippen LogP contribution in [0, 0.1) is 19.7 Å². The van der Waals surface area contributed by atoms with E-state index in [0.29, 0.717) is 23.1 Å². The van der Waals surface area contributed by atoms with Gasteiger partial charge >= 0.3 is 0 Å². The summed E-state index contributed by atoms with van der Waals surface area (Å²) in [4.78, 5) is 13.0. The molecule has 0 amide bonds. The smallest absolute Gasteiger partial charge is 0.196 e. The first kappa shape index (κ1) is 21.8. The van der Waals surface area contributed by atoms with Gasteiger partial charge in [-0.15, -0.1) is 16.8 Å². The predicted octanol–water partition coefficient (Wildman–Crippen LogP) is 5.65. The highest BCUT2D eigenvalue weighted by atomic mass is 32.2. The third-order valence-corrected chi connectivity index (χ3v) is 6.20. The van der Waals surface area contributed by atoms with Crippen molar-refractivity contribution < 1.29 is 9.18 Å². The number of benzene rings is 2. The zero-order valence-corrected chi connectivity index (χ0v) is 18.8. The molecule has 0 aliphatic rings. The number of thioether (sulfide) groups is 1. The third kappa shape index (κ3) is 4.29. The number of hydrogen-bond acceptors (Lipinski definition) is 4. The van der Waals surface area contributed by atoms with Gasteiger partial charge in [0.25, 0.3) is 0 Å². The molecule has 4 rings (SSSR count). The van der Waals surface area contributed by atoms with Crippen LogP contribution in [0.4, 0.5) is 4.39 Å². The first-order valence-electron chi connectivity index (χ1n) is 10.2. The number of nitrogens with zero attached hydrogens (tertiary/aromatic N) is 4. The molecule has 5 nitrogen and oxygen atoms in total. The Kier molecular flexibility index (Phi) is 6.37. The highest BCUT2D eigenvalue weighted by Crippen LogP contribution is 2.29. The Hall–Kier alpha value is -3.45. The van der Waals surface area contributed by atoms with Gasteiger partial charge in [-0.2, -0.15) is 0 Å². The molecule has 7 heteroatoms. The highest BCUT2D eigenvalue weighted by Gasteiger charge is 2.20. The Balaban J connectivity index is 1.65. The van der Waals surface area contributed by atoms with E-state index in [4.69, 9.17) is 0 Å². The molecular weight excluding hydrogens is 423 g/mol. The van der Waals surface area contributed by atoms with Crippen LogP contribution in [0.5, 0.6) is 0 Å². The van der Waals surface area contributed by atoms with Crippen molar-refractivity contribution in [1.82, 2.24) is 19.3 Å². The first-order valence-corrected chi connectivity index (χ1v) is 11.2. The summed E-state index contributed by atoms with van der Waals surface area (Å²) in [5.74, 6) is 0.555. The number of carbonyl (C=O) groups is 1. The van der Waals surface area contributed by atoms with Gasteiger partial charge in [0.2, 0.25) is 0 Å². The van der Waals surface area contributed by atoms with Crippen LogP contribution in [0.25, 0.3) is 17.1 Å². The van der Waals surface area contributed by atoms with E-state index in [1.165, 1.54) is 23.9 Å². The normalized spacial score (nSPS) is 11.0. The van der Waals surface area contributed by atoms with Crippen molar-refractivity contribution in [2.24, 2.45) is 0 Å². The molecule has 2 aromatic heterocycles. The molecule has 0 N–H and O–H groups in total. The third-order valence-electron chi connectivity index (χ3n) is 5.27. The van der Waals surface area contributed by atoms with Gasteiger partial charge in [0.1, 0.15) is 5.82 Å². The molecule has 0 bridgehead atoms. The molecule has 0 saturated carbocycles. The number of ketones is 1. The first-order chi connectivity index (χ1) is 15.5. The Bertz CT molecular complexity index is 1260. The summed E-state index contributed by atoms with van der Waals surface area (Å²) in [7, 11) is 0. The predicted molar refractivity (Wildman–Crippen MR) is 126 cm³/mol. The lowest BCUT2D eigenvalue weighted by atomic mass is 10.2. The molecule has 2 heterocycles. The minimum Gasteiger partial charge on any atom is -0.345 e. The molecule has 0 fully saturated rings. The molecule has 162 valence electrons. The lowest BCUT2D eigenvalue weighted by Gasteiger charge is -2.10. The van der Waals surface area contributed by atoms with Crippen molar-refractivity contribution in [1.29, 1.82) is 0 Å². The van der Waals surface area contributed by atoms with Crippen LogP contribution in [0.1, 0.15) is 21.7 Å². The van der Waals surface area contributed by atoms with Gasteiger partial charge in [-0.3, -0.25) is 9.36 Å². The monoisotopic (exact) mass is 446 g/mol. The fraction of sp³-hybridized carbons (Fsp3) is 0.160. The Labute approximate surface area is 190 Å². The average molecular weight is 447 g/mol. The molecule has 0 spiro atoms. The van der Waals surface area contributed by atoms with Crippen LogP contribution in [-0.4, -0.2) is 30.9 Å². The molecule has 2 aromatic carbocycles. The molecule has 0 aliphatic heterocycles. The van der Waals surface area contributed by atoms with Gasteiger partial charge in [-0.25, -0.2) is 4.39 Å². The fourth-order valence-corrected chi connectivity index (χ4v) is 4.50. The van der Waals surface area contributed by atoms with Crippen molar-refractivity contribution in [3.8, 4) is 17.1 Å². The van der Waals surface area contributed by atoms with E-state index in [9.17, 15) is 9.18 Å². The summed E-state index contributed by atoms with van der Waals surface area (Å²) in [6, 6.07) is 17.7.